The van der Waals surface area contributed by atoms with Gasteiger partial charge in [-0.3, -0.25) is 9.59 Å². The molecule has 0 aliphatic heterocycles. The lowest BCUT2D eigenvalue weighted by Gasteiger charge is -2.27. The van der Waals surface area contributed by atoms with Gasteiger partial charge in [-0.25, -0.2) is 4.39 Å². The Kier molecular flexibility index (Phi) is 6.39. The second-order valence-electron chi connectivity index (χ2n) is 5.61. The molecule has 0 saturated carbocycles. The number of Topliss-reactive ketones (excluding diaryl/α,β-unsaturated/α-hetero) is 1. The molecule has 0 spiro atoms. The second kappa shape index (κ2) is 8.72. The summed E-state index contributed by atoms with van der Waals surface area (Å²) in [6.45, 7) is 1.78. The van der Waals surface area contributed by atoms with E-state index < -0.39 is 30.4 Å². The van der Waals surface area contributed by atoms with E-state index in [1.165, 1.54) is 24.3 Å². The molecule has 1 N–H and O–H groups in total. The van der Waals surface area contributed by atoms with Crippen molar-refractivity contribution in [2.24, 2.45) is 0 Å². The van der Waals surface area contributed by atoms with E-state index in [1.54, 1.807) is 37.3 Å². The molecule has 0 saturated heterocycles. The Bertz CT molecular complexity index is 820. The molecular weight excluding hydrogens is 337 g/mol. The van der Waals surface area contributed by atoms with Gasteiger partial charge >= 0.3 is 11.7 Å². The molecule has 2 aromatic carbocycles. The maximum Gasteiger partial charge on any atom is 0.407 e. The van der Waals surface area contributed by atoms with Crippen LogP contribution in [0.5, 0.6) is 0 Å². The molecule has 0 aromatic heterocycles. The van der Waals surface area contributed by atoms with Crippen LogP contribution in [-0.4, -0.2) is 18.4 Å². The van der Waals surface area contributed by atoms with E-state index in [1.807, 2.05) is 0 Å². The SMILES string of the molecule is CCOC(=O)CC(=O)CC(F)(Nc1ccccc1[N+]#N)c1ccccc1. The Balaban J connectivity index is 2.30. The first-order chi connectivity index (χ1) is 12.5. The summed E-state index contributed by atoms with van der Waals surface area (Å²) in [4.78, 5) is 26.8. The van der Waals surface area contributed by atoms with Crippen LogP contribution in [0.15, 0.2) is 54.6 Å². The van der Waals surface area contributed by atoms with Gasteiger partial charge in [-0.15, -0.1) is 0 Å². The van der Waals surface area contributed by atoms with Gasteiger partial charge in [0.1, 0.15) is 17.9 Å². The molecule has 0 heterocycles. The molecule has 0 bridgehead atoms. The zero-order chi connectivity index (χ0) is 19.0. The van der Waals surface area contributed by atoms with Crippen molar-refractivity contribution in [1.29, 1.82) is 5.39 Å². The first-order valence-corrected chi connectivity index (χ1v) is 8.12. The molecule has 7 heteroatoms. The monoisotopic (exact) mass is 356 g/mol. The first kappa shape index (κ1) is 19.1. The van der Waals surface area contributed by atoms with E-state index in [-0.39, 0.29) is 23.5 Å². The molecule has 0 fully saturated rings. The highest BCUT2D eigenvalue weighted by atomic mass is 19.1. The van der Waals surface area contributed by atoms with Crippen LogP contribution < -0.4 is 5.32 Å². The number of ether oxygens (including phenoxy) is 1. The molecule has 0 radical (unpaired) electrons. The molecule has 2 aromatic rings. The number of benzene rings is 2. The number of hydrogen-bond donors (Lipinski definition) is 1. The highest BCUT2D eigenvalue weighted by Crippen LogP contribution is 2.35. The van der Waals surface area contributed by atoms with Crippen LogP contribution in [0.2, 0.25) is 0 Å². The number of halogens is 1. The van der Waals surface area contributed by atoms with Crippen LogP contribution in [0.25, 0.3) is 4.98 Å². The Morgan fingerprint density at radius 2 is 1.81 bits per heavy atom. The van der Waals surface area contributed by atoms with Gasteiger partial charge in [-0.2, -0.15) is 0 Å². The van der Waals surface area contributed by atoms with Crippen LogP contribution >= 0.6 is 0 Å². The molecule has 134 valence electrons. The smallest absolute Gasteiger partial charge is 0.407 e. The number of ketones is 1. The topological polar surface area (TPSA) is 83.6 Å². The number of diazo groups is 1. The summed E-state index contributed by atoms with van der Waals surface area (Å²) in [7, 11) is 0. The average molecular weight is 356 g/mol. The molecule has 6 nitrogen and oxygen atoms in total. The van der Waals surface area contributed by atoms with Gasteiger partial charge < -0.3 is 10.1 Å². The number of carbonyl (C=O) groups excluding carboxylic acids is 2. The number of nitrogens with one attached hydrogen (secondary N) is 1. The summed E-state index contributed by atoms with van der Waals surface area (Å²) in [6, 6.07) is 14.4. The van der Waals surface area contributed by atoms with Crippen molar-refractivity contribution in [3.05, 3.63) is 65.1 Å². The fourth-order valence-corrected chi connectivity index (χ4v) is 2.51. The minimum absolute atomic E-state index is 0.128. The zero-order valence-electron chi connectivity index (χ0n) is 14.3. The van der Waals surface area contributed by atoms with Crippen LogP contribution in [0.1, 0.15) is 25.3 Å². The summed E-state index contributed by atoms with van der Waals surface area (Å²) in [6.07, 6.45) is -1.10. The van der Waals surface area contributed by atoms with Gasteiger partial charge in [0.25, 0.3) is 0 Å². The lowest BCUT2D eigenvalue weighted by molar-refractivity contribution is -0.145. The summed E-state index contributed by atoms with van der Waals surface area (Å²) in [5.74, 6) is -3.59. The molecular formula is C19H19FN3O3+. The molecule has 1 atom stereocenters. The normalized spacial score (nSPS) is 12.5. The standard InChI is InChI=1S/C19H19FN3O3/c1-2-26-18(25)12-15(24)13-19(20,14-8-4-3-5-9-14)22-16-10-6-7-11-17(16)23-21/h3-11,22H,2,12-13H2,1H3/q+1. The largest absolute Gasteiger partial charge is 0.466 e. The van der Waals surface area contributed by atoms with Crippen molar-refractivity contribution in [3.63, 3.8) is 0 Å². The number of rotatable bonds is 8. The van der Waals surface area contributed by atoms with Crippen molar-refractivity contribution in [1.82, 2.24) is 0 Å². The van der Waals surface area contributed by atoms with Crippen molar-refractivity contribution < 1.29 is 18.7 Å². The zero-order valence-corrected chi connectivity index (χ0v) is 14.3. The Morgan fingerprint density at radius 3 is 2.46 bits per heavy atom. The molecule has 1 unspecified atom stereocenters. The third kappa shape index (κ3) is 4.86. The second-order valence-corrected chi connectivity index (χ2v) is 5.61. The van der Waals surface area contributed by atoms with Crippen molar-refractivity contribution >= 4 is 23.1 Å². The van der Waals surface area contributed by atoms with Gasteiger partial charge in [0, 0.05) is 11.6 Å². The van der Waals surface area contributed by atoms with Crippen molar-refractivity contribution in [3.8, 4) is 0 Å². The number of esters is 1. The number of hydrogen-bond acceptors (Lipinski definition) is 5. The van der Waals surface area contributed by atoms with Crippen LogP contribution in [-0.2, 0) is 20.1 Å². The minimum atomic E-state index is -2.29. The first-order valence-electron chi connectivity index (χ1n) is 8.12. The number of alkyl halides is 1. The van der Waals surface area contributed by atoms with Gasteiger partial charge in [0.15, 0.2) is 4.98 Å². The van der Waals surface area contributed by atoms with E-state index in [0.29, 0.717) is 0 Å². The van der Waals surface area contributed by atoms with Crippen LogP contribution in [0.3, 0.4) is 0 Å². The highest BCUT2D eigenvalue weighted by molar-refractivity contribution is 5.96. The van der Waals surface area contributed by atoms with Gasteiger partial charge in [-0.05, 0) is 13.0 Å². The Labute approximate surface area is 150 Å². The Morgan fingerprint density at radius 1 is 1.15 bits per heavy atom. The van der Waals surface area contributed by atoms with Gasteiger partial charge in [-0.1, -0.05) is 42.5 Å². The fraction of sp³-hybridized carbons (Fsp3) is 0.263. The van der Waals surface area contributed by atoms with Crippen LogP contribution in [0, 0.1) is 5.39 Å². The van der Waals surface area contributed by atoms with Gasteiger partial charge in [0.2, 0.25) is 11.2 Å². The van der Waals surface area contributed by atoms with Crippen molar-refractivity contribution in [2.45, 2.75) is 25.6 Å². The molecule has 0 amide bonds. The molecule has 0 aliphatic rings. The van der Waals surface area contributed by atoms with E-state index in [4.69, 9.17) is 10.1 Å². The van der Waals surface area contributed by atoms with E-state index >= 15 is 4.39 Å². The highest BCUT2D eigenvalue weighted by Gasteiger charge is 2.37. The summed E-state index contributed by atoms with van der Waals surface area (Å²) in [5, 5.41) is 11.7. The number of para-hydroxylation sites is 1. The predicted octanol–water partition coefficient (Wildman–Crippen LogP) is 4.32. The number of nitrogens with zero attached hydrogens (tertiary/aromatic N) is 2. The summed E-state index contributed by atoms with van der Waals surface area (Å²) in [5.41, 5.74) is 0.554. The predicted molar refractivity (Wildman–Crippen MR) is 94.9 cm³/mol. The van der Waals surface area contributed by atoms with E-state index in [0.717, 1.165) is 0 Å². The molecule has 0 aliphatic carbocycles. The third-order valence-corrected chi connectivity index (χ3v) is 3.66. The van der Waals surface area contributed by atoms with E-state index in [9.17, 15) is 9.59 Å². The lowest BCUT2D eigenvalue weighted by Crippen LogP contribution is -2.33. The molecule has 2 rings (SSSR count). The minimum Gasteiger partial charge on any atom is -0.466 e. The lowest BCUT2D eigenvalue weighted by atomic mass is 9.96. The van der Waals surface area contributed by atoms with Crippen LogP contribution in [0.4, 0.5) is 15.8 Å². The van der Waals surface area contributed by atoms with E-state index in [2.05, 4.69) is 10.3 Å². The number of carbonyl (C=O) groups is 2. The number of anilines is 1. The summed E-state index contributed by atoms with van der Waals surface area (Å²) >= 11 is 0. The Hall–Kier alpha value is -3.27. The fourth-order valence-electron chi connectivity index (χ4n) is 2.51. The third-order valence-electron chi connectivity index (χ3n) is 3.66. The maximum absolute atomic E-state index is 15.8. The average Bonchev–Trinajstić information content (AvgIpc) is 2.62. The van der Waals surface area contributed by atoms with Gasteiger partial charge in [0.05, 0.1) is 13.0 Å². The van der Waals surface area contributed by atoms with Crippen molar-refractivity contribution in [2.75, 3.05) is 11.9 Å². The molecule has 26 heavy (non-hydrogen) atoms. The maximum atomic E-state index is 15.8. The summed E-state index contributed by atoms with van der Waals surface area (Å²) < 4.78 is 20.5. The quantitative estimate of drug-likeness (QED) is 0.330.